The van der Waals surface area contributed by atoms with Gasteiger partial charge in [-0.05, 0) is 12.8 Å². The van der Waals surface area contributed by atoms with E-state index in [0.29, 0.717) is 23.0 Å². The smallest absolute Gasteiger partial charge is 0.224 e. The number of hydrogen-bond acceptors (Lipinski definition) is 9. The van der Waals surface area contributed by atoms with Gasteiger partial charge >= 0.3 is 0 Å². The van der Waals surface area contributed by atoms with Crippen molar-refractivity contribution in [2.45, 2.75) is 49.9 Å². The molecule has 0 spiro atoms. The van der Waals surface area contributed by atoms with Crippen molar-refractivity contribution in [2.75, 3.05) is 11.1 Å². The first kappa shape index (κ1) is 16.7. The van der Waals surface area contributed by atoms with E-state index in [4.69, 9.17) is 15.4 Å². The summed E-state index contributed by atoms with van der Waals surface area (Å²) in [5.74, 6) is -0.773. The Labute approximate surface area is 142 Å². The number of nitrogen functional groups attached to an aromatic ring is 1. The number of anilines is 2. The Morgan fingerprint density at radius 1 is 1.48 bits per heavy atom. The van der Waals surface area contributed by atoms with Crippen molar-refractivity contribution in [2.24, 2.45) is 0 Å². The van der Waals surface area contributed by atoms with Gasteiger partial charge in [0, 0.05) is 12.5 Å². The molecule has 1 unspecified atom stereocenters. The molecular formula is C13H18N6O5P-. The maximum absolute atomic E-state index is 11.2. The minimum Gasteiger partial charge on any atom is -0.777 e. The zero-order chi connectivity index (χ0) is 17.8. The third-order valence-corrected chi connectivity index (χ3v) is 5.40. The lowest BCUT2D eigenvalue weighted by Gasteiger charge is -2.23. The van der Waals surface area contributed by atoms with E-state index in [9.17, 15) is 14.6 Å². The van der Waals surface area contributed by atoms with Crippen LogP contribution >= 0.6 is 7.60 Å². The highest BCUT2D eigenvalue weighted by Crippen LogP contribution is 2.44. The summed E-state index contributed by atoms with van der Waals surface area (Å²) in [5.41, 5.74) is 6.77. The summed E-state index contributed by atoms with van der Waals surface area (Å²) in [7, 11) is -4.66. The topological polar surface area (TPSA) is 171 Å². The first-order valence-electron chi connectivity index (χ1n) is 7.93. The molecule has 3 heterocycles. The lowest BCUT2D eigenvalue weighted by Crippen LogP contribution is -2.26. The van der Waals surface area contributed by atoms with Gasteiger partial charge in [0.1, 0.15) is 11.9 Å². The SMILES string of the molecule is Nc1nc(NC2CC2)c2ncn(C[C@H]3O[C@@H](P(=O)([O-])O)C[C@@H]3O)c2n1. The molecule has 1 saturated heterocycles. The summed E-state index contributed by atoms with van der Waals surface area (Å²) < 4.78 is 18.1. The Morgan fingerprint density at radius 3 is 2.88 bits per heavy atom. The Bertz CT molecular complexity index is 849. The van der Waals surface area contributed by atoms with Crippen LogP contribution < -0.4 is 15.9 Å². The molecular weight excluding hydrogens is 351 g/mol. The van der Waals surface area contributed by atoms with Gasteiger partial charge in [-0.25, -0.2) is 4.98 Å². The van der Waals surface area contributed by atoms with Crippen molar-refractivity contribution < 1.29 is 24.2 Å². The van der Waals surface area contributed by atoms with Gasteiger partial charge in [0.05, 0.1) is 19.0 Å². The standard InChI is InChI=1S/C13H19N6O5P/c14-13-17-11(16-6-1-2-6)10-12(18-13)19(5-15-10)4-8-7(20)3-9(24-8)25(21,22)23/h5-9,20H,1-4H2,(H2,21,22,23)(H3,14,16,17,18)/p-1/t7-,8+,9-/m0/s1. The van der Waals surface area contributed by atoms with Crippen molar-refractivity contribution in [1.82, 2.24) is 19.5 Å². The molecule has 136 valence electrons. The average molecular weight is 369 g/mol. The number of fused-ring (bicyclic) bond motifs is 1. The minimum absolute atomic E-state index is 0.0857. The van der Waals surface area contributed by atoms with Crippen LogP contribution in [0.2, 0.25) is 0 Å². The number of nitrogens with zero attached hydrogens (tertiary/aromatic N) is 4. The number of hydrogen-bond donors (Lipinski definition) is 4. The molecule has 12 heteroatoms. The molecule has 11 nitrogen and oxygen atoms in total. The van der Waals surface area contributed by atoms with Gasteiger partial charge in [-0.15, -0.1) is 0 Å². The second-order valence-corrected chi connectivity index (χ2v) is 8.12. The number of nitrogens with one attached hydrogen (secondary N) is 1. The summed E-state index contributed by atoms with van der Waals surface area (Å²) in [6.45, 7) is 0.119. The van der Waals surface area contributed by atoms with Crippen LogP contribution in [-0.4, -0.2) is 53.6 Å². The molecule has 0 bridgehead atoms. The molecule has 5 N–H and O–H groups in total. The Morgan fingerprint density at radius 2 is 2.24 bits per heavy atom. The molecule has 1 aliphatic heterocycles. The van der Waals surface area contributed by atoms with Crippen molar-refractivity contribution in [3.05, 3.63) is 6.33 Å². The van der Waals surface area contributed by atoms with Gasteiger partial charge in [-0.3, -0.25) is 0 Å². The highest BCUT2D eigenvalue weighted by Gasteiger charge is 2.39. The molecule has 0 aromatic carbocycles. The van der Waals surface area contributed by atoms with Crippen molar-refractivity contribution in [1.29, 1.82) is 0 Å². The Balaban J connectivity index is 1.59. The molecule has 0 amide bonds. The van der Waals surface area contributed by atoms with Gasteiger partial charge in [0.25, 0.3) is 0 Å². The van der Waals surface area contributed by atoms with E-state index in [0.717, 1.165) is 12.8 Å². The maximum atomic E-state index is 11.2. The van der Waals surface area contributed by atoms with E-state index in [1.165, 1.54) is 6.33 Å². The lowest BCUT2D eigenvalue weighted by molar-refractivity contribution is -0.204. The van der Waals surface area contributed by atoms with Crippen LogP contribution in [-0.2, 0) is 15.8 Å². The van der Waals surface area contributed by atoms with E-state index >= 15 is 0 Å². The van der Waals surface area contributed by atoms with Crippen LogP contribution in [0.1, 0.15) is 19.3 Å². The second kappa shape index (κ2) is 5.89. The summed E-state index contributed by atoms with van der Waals surface area (Å²) in [6, 6.07) is 0.360. The number of rotatable bonds is 5. The van der Waals surface area contributed by atoms with Gasteiger partial charge in [-0.1, -0.05) is 0 Å². The molecule has 2 aromatic heterocycles. The zero-order valence-electron chi connectivity index (χ0n) is 13.1. The van der Waals surface area contributed by atoms with E-state index in [2.05, 4.69) is 20.3 Å². The summed E-state index contributed by atoms with van der Waals surface area (Å²) in [6.07, 6.45) is 1.61. The van der Waals surface area contributed by atoms with Crippen LogP contribution in [0.3, 0.4) is 0 Å². The number of aliphatic hydroxyl groups excluding tert-OH is 1. The highest BCUT2D eigenvalue weighted by molar-refractivity contribution is 7.50. The van der Waals surface area contributed by atoms with Crippen LogP contribution in [0.5, 0.6) is 0 Å². The van der Waals surface area contributed by atoms with Crippen molar-refractivity contribution in [3.63, 3.8) is 0 Å². The molecule has 0 radical (unpaired) electrons. The van der Waals surface area contributed by atoms with Crippen LogP contribution in [0.15, 0.2) is 6.33 Å². The van der Waals surface area contributed by atoms with Gasteiger partial charge < -0.3 is 39.8 Å². The predicted octanol–water partition coefficient (Wildman–Crippen LogP) is -0.996. The molecule has 1 aliphatic carbocycles. The summed E-state index contributed by atoms with van der Waals surface area (Å²) in [5, 5.41) is 13.3. The van der Waals surface area contributed by atoms with Crippen LogP contribution in [0.4, 0.5) is 11.8 Å². The van der Waals surface area contributed by atoms with Crippen molar-refractivity contribution >= 4 is 30.5 Å². The first-order valence-corrected chi connectivity index (χ1v) is 9.58. The Kier molecular flexibility index (Phi) is 3.93. The van der Waals surface area contributed by atoms with E-state index in [1.54, 1.807) is 4.57 Å². The second-order valence-electron chi connectivity index (χ2n) is 6.41. The molecule has 2 fully saturated rings. The maximum Gasteiger partial charge on any atom is 0.224 e. The highest BCUT2D eigenvalue weighted by atomic mass is 31.2. The zero-order valence-corrected chi connectivity index (χ0v) is 14.0. The van der Waals surface area contributed by atoms with E-state index in [-0.39, 0.29) is 18.9 Å². The summed E-state index contributed by atoms with van der Waals surface area (Å²) in [4.78, 5) is 33.0. The van der Waals surface area contributed by atoms with Crippen molar-refractivity contribution in [3.8, 4) is 0 Å². The quantitative estimate of drug-likeness (QED) is 0.479. The third kappa shape index (κ3) is 3.33. The van der Waals surface area contributed by atoms with Gasteiger partial charge in [0.2, 0.25) is 5.95 Å². The fourth-order valence-corrected chi connectivity index (χ4v) is 3.68. The summed E-state index contributed by atoms with van der Waals surface area (Å²) >= 11 is 0. The number of imidazole rings is 1. The Hall–Kier alpha value is -1.78. The van der Waals surface area contributed by atoms with Crippen LogP contribution in [0, 0.1) is 0 Å². The molecule has 4 rings (SSSR count). The molecule has 4 atom stereocenters. The fourth-order valence-electron chi connectivity index (χ4n) is 2.89. The molecule has 25 heavy (non-hydrogen) atoms. The van der Waals surface area contributed by atoms with Crippen LogP contribution in [0.25, 0.3) is 11.2 Å². The largest absolute Gasteiger partial charge is 0.777 e. The monoisotopic (exact) mass is 369 g/mol. The molecule has 2 aromatic rings. The minimum atomic E-state index is -4.66. The third-order valence-electron chi connectivity index (χ3n) is 4.34. The molecule has 2 aliphatic rings. The number of aliphatic hydroxyl groups is 1. The van der Waals surface area contributed by atoms with Gasteiger partial charge in [0.15, 0.2) is 24.6 Å². The fraction of sp³-hybridized carbons (Fsp3) is 0.615. The number of ether oxygens (including phenoxy) is 1. The first-order chi connectivity index (χ1) is 11.8. The molecule has 1 saturated carbocycles. The number of aromatic nitrogens is 4. The van der Waals surface area contributed by atoms with E-state index in [1.807, 2.05) is 0 Å². The lowest BCUT2D eigenvalue weighted by atomic mass is 10.2. The average Bonchev–Trinajstić information content (AvgIpc) is 3.12. The van der Waals surface area contributed by atoms with E-state index < -0.39 is 25.6 Å². The normalized spacial score (nSPS) is 29.0. The predicted molar refractivity (Wildman–Crippen MR) is 85.5 cm³/mol. The van der Waals surface area contributed by atoms with Gasteiger partial charge in [-0.2, -0.15) is 9.97 Å². The number of nitrogens with two attached hydrogens (primary N) is 1.